The van der Waals surface area contributed by atoms with Crippen LogP contribution in [0.3, 0.4) is 0 Å². The summed E-state index contributed by atoms with van der Waals surface area (Å²) in [5.41, 5.74) is 1.02. The van der Waals surface area contributed by atoms with E-state index in [-0.39, 0.29) is 49.0 Å². The largest absolute Gasteiger partial charge is 0.497 e. The van der Waals surface area contributed by atoms with E-state index in [2.05, 4.69) is 15.6 Å². The summed E-state index contributed by atoms with van der Waals surface area (Å²) in [5, 5.41) is 5.72. The number of halogens is 1. The standard InChI is InChI=1S/C28H27FN4O7/c1-37-21-6-17-7-22(8-21)39-15-26(34)31-11-16-3-4-20(9-24(16)38-2)40-25-14-33(13-23(25)32-27(17)35)28(36)18-5-19(29)12-30-10-18/h3-10,12,23,25H,11,13-15H2,1-2H3,(H,31,34)(H,32,35)/t23-,25-/m0/s1. The molecule has 3 aliphatic rings. The maximum absolute atomic E-state index is 13.8. The van der Waals surface area contributed by atoms with Crippen LogP contribution in [0.5, 0.6) is 23.0 Å². The first-order valence-electron chi connectivity index (χ1n) is 12.5. The second kappa shape index (κ2) is 11.5. The summed E-state index contributed by atoms with van der Waals surface area (Å²) in [6.07, 6.45) is 1.66. The molecule has 3 amide bonds. The quantitative estimate of drug-likeness (QED) is 0.507. The van der Waals surface area contributed by atoms with Crippen LogP contribution >= 0.6 is 0 Å². The number of nitrogens with zero attached hydrogens (tertiary/aromatic N) is 2. The molecule has 0 radical (unpaired) electrons. The molecule has 2 N–H and O–H groups in total. The van der Waals surface area contributed by atoms with Gasteiger partial charge in [-0.3, -0.25) is 19.4 Å². The Labute approximate surface area is 229 Å². The third-order valence-corrected chi connectivity index (χ3v) is 6.59. The van der Waals surface area contributed by atoms with Crippen molar-refractivity contribution < 1.29 is 37.7 Å². The zero-order valence-electron chi connectivity index (χ0n) is 21.8. The number of carbonyl (C=O) groups excluding carboxylic acids is 3. The molecule has 2 atom stereocenters. The van der Waals surface area contributed by atoms with Crippen molar-refractivity contribution in [2.24, 2.45) is 0 Å². The second-order valence-electron chi connectivity index (χ2n) is 9.27. The minimum absolute atomic E-state index is 0.0860. The zero-order chi connectivity index (χ0) is 28.2. The smallest absolute Gasteiger partial charge is 0.258 e. The molecule has 2 aromatic carbocycles. The van der Waals surface area contributed by atoms with Gasteiger partial charge in [-0.1, -0.05) is 0 Å². The third-order valence-electron chi connectivity index (χ3n) is 6.59. The van der Waals surface area contributed by atoms with Gasteiger partial charge in [-0.25, -0.2) is 4.39 Å². The highest BCUT2D eigenvalue weighted by molar-refractivity contribution is 5.96. The van der Waals surface area contributed by atoms with Crippen molar-refractivity contribution in [2.75, 3.05) is 33.9 Å². The predicted octanol–water partition coefficient (Wildman–Crippen LogP) is 1.95. The van der Waals surface area contributed by atoms with Crippen LogP contribution < -0.4 is 29.6 Å². The Morgan fingerprint density at radius 2 is 1.90 bits per heavy atom. The lowest BCUT2D eigenvalue weighted by atomic mass is 10.1. The molecule has 1 fully saturated rings. The highest BCUT2D eigenvalue weighted by Gasteiger charge is 2.38. The van der Waals surface area contributed by atoms with Gasteiger partial charge in [0, 0.05) is 42.5 Å². The lowest BCUT2D eigenvalue weighted by Crippen LogP contribution is -2.45. The van der Waals surface area contributed by atoms with Crippen molar-refractivity contribution in [1.29, 1.82) is 0 Å². The molecule has 208 valence electrons. The molecule has 6 rings (SSSR count). The fourth-order valence-corrected chi connectivity index (χ4v) is 4.58. The minimum Gasteiger partial charge on any atom is -0.497 e. The fourth-order valence-electron chi connectivity index (χ4n) is 4.58. The van der Waals surface area contributed by atoms with Crippen molar-refractivity contribution in [2.45, 2.75) is 18.7 Å². The van der Waals surface area contributed by atoms with Gasteiger partial charge in [0.15, 0.2) is 6.61 Å². The van der Waals surface area contributed by atoms with Crippen LogP contribution in [0, 0.1) is 5.82 Å². The molecule has 3 aromatic rings. The second-order valence-corrected chi connectivity index (χ2v) is 9.27. The summed E-state index contributed by atoms with van der Waals surface area (Å²) in [6, 6.07) is 10.2. The van der Waals surface area contributed by atoms with E-state index >= 15 is 0 Å². The molecule has 12 heteroatoms. The molecular weight excluding hydrogens is 523 g/mol. The number of aromatic nitrogens is 1. The van der Waals surface area contributed by atoms with E-state index in [9.17, 15) is 18.8 Å². The van der Waals surface area contributed by atoms with E-state index in [1.165, 1.54) is 37.4 Å². The number of amides is 3. The third kappa shape index (κ3) is 5.90. The topological polar surface area (TPSA) is 128 Å². The van der Waals surface area contributed by atoms with Gasteiger partial charge in [0.05, 0.1) is 38.6 Å². The van der Waals surface area contributed by atoms with Gasteiger partial charge >= 0.3 is 0 Å². The van der Waals surface area contributed by atoms with Crippen molar-refractivity contribution in [1.82, 2.24) is 20.5 Å². The van der Waals surface area contributed by atoms with E-state index in [1.54, 1.807) is 24.3 Å². The average molecular weight is 551 g/mol. The summed E-state index contributed by atoms with van der Waals surface area (Å²) >= 11 is 0. The van der Waals surface area contributed by atoms with Crippen LogP contribution in [0.25, 0.3) is 0 Å². The van der Waals surface area contributed by atoms with Gasteiger partial charge in [0.1, 0.15) is 34.9 Å². The number of hydrogen-bond acceptors (Lipinski definition) is 8. The molecule has 1 saturated heterocycles. The maximum Gasteiger partial charge on any atom is 0.258 e. The number of pyridine rings is 1. The van der Waals surface area contributed by atoms with Gasteiger partial charge < -0.3 is 34.5 Å². The zero-order valence-corrected chi connectivity index (χ0v) is 21.8. The number of carbonyl (C=O) groups is 3. The predicted molar refractivity (Wildman–Crippen MR) is 139 cm³/mol. The lowest BCUT2D eigenvalue weighted by molar-refractivity contribution is -0.123. The number of ether oxygens (including phenoxy) is 4. The number of fused-ring (bicyclic) bond motifs is 7. The number of hydrogen-bond donors (Lipinski definition) is 2. The Hall–Kier alpha value is -4.87. The molecule has 0 saturated carbocycles. The van der Waals surface area contributed by atoms with Gasteiger partial charge in [0.2, 0.25) is 0 Å². The molecule has 0 unspecified atom stereocenters. The Morgan fingerprint density at radius 1 is 1.05 bits per heavy atom. The van der Waals surface area contributed by atoms with Crippen LogP contribution in [-0.4, -0.2) is 73.7 Å². The van der Waals surface area contributed by atoms with E-state index in [1.807, 2.05) is 0 Å². The molecule has 4 bridgehead atoms. The van der Waals surface area contributed by atoms with Crippen LogP contribution in [0.4, 0.5) is 4.39 Å². The Bertz CT molecular complexity index is 1450. The molecule has 0 aliphatic carbocycles. The van der Waals surface area contributed by atoms with E-state index in [0.29, 0.717) is 22.8 Å². The van der Waals surface area contributed by atoms with Gasteiger partial charge in [-0.2, -0.15) is 0 Å². The first-order valence-corrected chi connectivity index (χ1v) is 12.5. The van der Waals surface area contributed by atoms with Crippen molar-refractivity contribution in [3.05, 3.63) is 77.4 Å². The first kappa shape index (κ1) is 26.7. The number of rotatable bonds is 3. The maximum atomic E-state index is 13.8. The highest BCUT2D eigenvalue weighted by atomic mass is 19.1. The molecule has 1 aromatic heterocycles. The SMILES string of the molecule is COc1cc2cc(c1)C(=O)N[C@H]1CN(C(=O)c3cncc(F)c3)C[C@@H]1Oc1ccc(c(OC)c1)CNC(=O)CO2. The van der Waals surface area contributed by atoms with Crippen LogP contribution in [0.1, 0.15) is 26.3 Å². The Kier molecular flexibility index (Phi) is 7.67. The molecule has 4 heterocycles. The summed E-state index contributed by atoms with van der Waals surface area (Å²) in [4.78, 5) is 44.2. The van der Waals surface area contributed by atoms with E-state index in [0.717, 1.165) is 12.3 Å². The number of methoxy groups -OCH3 is 2. The minimum atomic E-state index is -0.651. The van der Waals surface area contributed by atoms with E-state index in [4.69, 9.17) is 18.9 Å². The van der Waals surface area contributed by atoms with E-state index < -0.39 is 29.8 Å². The van der Waals surface area contributed by atoms with Crippen molar-refractivity contribution in [3.63, 3.8) is 0 Å². The lowest BCUT2D eigenvalue weighted by Gasteiger charge is -2.22. The molecule has 0 spiro atoms. The number of nitrogens with one attached hydrogen (secondary N) is 2. The van der Waals surface area contributed by atoms with Crippen LogP contribution in [0.2, 0.25) is 0 Å². The summed E-state index contributed by atoms with van der Waals surface area (Å²) in [7, 11) is 2.95. The van der Waals surface area contributed by atoms with Crippen LogP contribution in [0.15, 0.2) is 54.9 Å². The summed E-state index contributed by atoms with van der Waals surface area (Å²) in [5.74, 6) is -0.362. The van der Waals surface area contributed by atoms with Gasteiger partial charge in [0.25, 0.3) is 17.7 Å². The molecular formula is C28H27FN4O7. The monoisotopic (exact) mass is 550 g/mol. The van der Waals surface area contributed by atoms with Crippen molar-refractivity contribution in [3.8, 4) is 23.0 Å². The summed E-state index contributed by atoms with van der Waals surface area (Å²) < 4.78 is 36.5. The van der Waals surface area contributed by atoms with Gasteiger partial charge in [-0.05, 0) is 30.3 Å². The Balaban J connectivity index is 1.49. The van der Waals surface area contributed by atoms with Gasteiger partial charge in [-0.15, -0.1) is 0 Å². The number of likely N-dealkylation sites (tertiary alicyclic amines) is 1. The molecule has 40 heavy (non-hydrogen) atoms. The normalized spacial score (nSPS) is 18.9. The highest BCUT2D eigenvalue weighted by Crippen LogP contribution is 2.28. The molecule has 3 aliphatic heterocycles. The number of benzene rings is 2. The first-order chi connectivity index (χ1) is 19.3. The fraction of sp³-hybridized carbons (Fsp3) is 0.286. The molecule has 11 nitrogen and oxygen atoms in total. The Morgan fingerprint density at radius 3 is 2.67 bits per heavy atom. The van der Waals surface area contributed by atoms with Crippen LogP contribution in [-0.2, 0) is 11.3 Å². The average Bonchev–Trinajstić information content (AvgIpc) is 3.35. The van der Waals surface area contributed by atoms with Crippen molar-refractivity contribution >= 4 is 17.7 Å². The summed E-state index contributed by atoms with van der Waals surface area (Å²) in [6.45, 7) is 0.124.